The highest BCUT2D eigenvalue weighted by Crippen LogP contribution is 2.25. The zero-order valence-corrected chi connectivity index (χ0v) is 19.7. The first-order chi connectivity index (χ1) is 15.7. The van der Waals surface area contributed by atoms with E-state index in [2.05, 4.69) is 14.9 Å². The van der Waals surface area contributed by atoms with E-state index in [1.165, 1.54) is 19.2 Å². The fourth-order valence-electron chi connectivity index (χ4n) is 3.75. The molecule has 1 aliphatic heterocycles. The Morgan fingerprint density at radius 2 is 1.79 bits per heavy atom. The monoisotopic (exact) mass is 474 g/mol. The molecule has 0 spiro atoms. The Bertz CT molecular complexity index is 1090. The minimum atomic E-state index is -3.75. The number of methoxy groups -OCH3 is 1. The van der Waals surface area contributed by atoms with Gasteiger partial charge < -0.3 is 20.7 Å². The van der Waals surface area contributed by atoms with Gasteiger partial charge in [0.15, 0.2) is 0 Å². The van der Waals surface area contributed by atoms with Crippen LogP contribution in [-0.2, 0) is 19.6 Å². The molecule has 0 saturated carbocycles. The maximum Gasteiger partial charge on any atom is 0.255 e. The van der Waals surface area contributed by atoms with Gasteiger partial charge in [-0.15, -0.1) is 0 Å². The molecule has 2 amide bonds. The summed E-state index contributed by atoms with van der Waals surface area (Å²) in [7, 11) is -2.26. The average Bonchev–Trinajstić information content (AvgIpc) is 2.80. The molecule has 178 valence electrons. The Kier molecular flexibility index (Phi) is 8.06. The molecule has 2 aromatic carbocycles. The fraction of sp³-hybridized carbons (Fsp3) is 0.391. The summed E-state index contributed by atoms with van der Waals surface area (Å²) >= 11 is 0. The molecule has 0 radical (unpaired) electrons. The standard InChI is InChI=1S/C23H30N4O5S/c1-16-3-8-20(33(30,31)25-11-14-32-2)15-21(16)23(29)26-18-4-6-19(7-5-18)27-12-9-17(10-13-27)22(24)28/h3-8,15,17,25H,9-14H2,1-2H3,(H2,24,28)(H,26,29). The fourth-order valence-corrected chi connectivity index (χ4v) is 4.79. The van der Waals surface area contributed by atoms with Crippen LogP contribution in [0.5, 0.6) is 0 Å². The van der Waals surface area contributed by atoms with Gasteiger partial charge in [-0.1, -0.05) is 6.07 Å². The van der Waals surface area contributed by atoms with Crippen LogP contribution in [0.15, 0.2) is 47.4 Å². The van der Waals surface area contributed by atoms with Crippen LogP contribution >= 0.6 is 0 Å². The second-order valence-corrected chi connectivity index (χ2v) is 9.80. The van der Waals surface area contributed by atoms with Crippen molar-refractivity contribution in [1.29, 1.82) is 0 Å². The summed E-state index contributed by atoms with van der Waals surface area (Å²) in [5, 5.41) is 2.83. The number of piperidine rings is 1. The summed E-state index contributed by atoms with van der Waals surface area (Å²) in [5.41, 5.74) is 7.94. The van der Waals surface area contributed by atoms with E-state index >= 15 is 0 Å². The van der Waals surface area contributed by atoms with Crippen LogP contribution in [0.3, 0.4) is 0 Å². The molecule has 10 heteroatoms. The Hall–Kier alpha value is -2.95. The number of carbonyl (C=O) groups excluding carboxylic acids is 2. The molecule has 0 bridgehead atoms. The van der Waals surface area contributed by atoms with Crippen LogP contribution in [0.1, 0.15) is 28.8 Å². The van der Waals surface area contributed by atoms with Crippen molar-refractivity contribution in [2.24, 2.45) is 11.7 Å². The predicted octanol–water partition coefficient (Wildman–Crippen LogP) is 1.87. The molecule has 33 heavy (non-hydrogen) atoms. The highest BCUT2D eigenvalue weighted by Gasteiger charge is 2.23. The zero-order valence-electron chi connectivity index (χ0n) is 18.8. The number of nitrogens with zero attached hydrogens (tertiary/aromatic N) is 1. The van der Waals surface area contributed by atoms with Crippen LogP contribution in [-0.4, -0.2) is 53.6 Å². The summed E-state index contributed by atoms with van der Waals surface area (Å²) in [5.74, 6) is -0.708. The van der Waals surface area contributed by atoms with Gasteiger partial charge in [0.05, 0.1) is 11.5 Å². The van der Waals surface area contributed by atoms with Crippen molar-refractivity contribution in [1.82, 2.24) is 4.72 Å². The van der Waals surface area contributed by atoms with Crippen LogP contribution in [0.25, 0.3) is 0 Å². The summed E-state index contributed by atoms with van der Waals surface area (Å²) < 4.78 is 32.2. The lowest BCUT2D eigenvalue weighted by Gasteiger charge is -2.32. The number of amides is 2. The molecule has 1 saturated heterocycles. The van der Waals surface area contributed by atoms with Gasteiger partial charge in [-0.05, 0) is 61.7 Å². The number of rotatable bonds is 9. The molecule has 0 aromatic heterocycles. The number of ether oxygens (including phenoxy) is 1. The van der Waals surface area contributed by atoms with E-state index in [4.69, 9.17) is 10.5 Å². The van der Waals surface area contributed by atoms with Crippen LogP contribution in [0.2, 0.25) is 0 Å². The maximum absolute atomic E-state index is 12.9. The molecule has 1 aliphatic rings. The van der Waals surface area contributed by atoms with Crippen LogP contribution in [0.4, 0.5) is 11.4 Å². The van der Waals surface area contributed by atoms with Crippen molar-refractivity contribution in [3.63, 3.8) is 0 Å². The molecule has 9 nitrogen and oxygen atoms in total. The summed E-state index contributed by atoms with van der Waals surface area (Å²) in [4.78, 5) is 26.4. The van der Waals surface area contributed by atoms with Gasteiger partial charge in [-0.2, -0.15) is 0 Å². The van der Waals surface area contributed by atoms with Crippen LogP contribution < -0.4 is 20.7 Å². The second-order valence-electron chi connectivity index (χ2n) is 8.03. The molecular formula is C23H30N4O5S. The lowest BCUT2D eigenvalue weighted by molar-refractivity contribution is -0.122. The molecule has 0 unspecified atom stereocenters. The third-order valence-electron chi connectivity index (χ3n) is 5.75. The van der Waals surface area contributed by atoms with Crippen molar-refractivity contribution in [2.75, 3.05) is 43.6 Å². The number of sulfonamides is 1. The lowest BCUT2D eigenvalue weighted by Crippen LogP contribution is -2.38. The number of primary amides is 1. The minimum absolute atomic E-state index is 0.0177. The maximum atomic E-state index is 12.9. The van der Waals surface area contributed by atoms with Gasteiger partial charge in [0.1, 0.15) is 0 Å². The SMILES string of the molecule is COCCNS(=O)(=O)c1ccc(C)c(C(=O)Nc2ccc(N3CCC(C(N)=O)CC3)cc2)c1. The topological polar surface area (TPSA) is 131 Å². The van der Waals surface area contributed by atoms with Gasteiger partial charge in [0, 0.05) is 49.6 Å². The van der Waals surface area contributed by atoms with Gasteiger partial charge in [-0.25, -0.2) is 13.1 Å². The Labute approximate surface area is 194 Å². The third-order valence-corrected chi connectivity index (χ3v) is 7.21. The molecule has 4 N–H and O–H groups in total. The number of aryl methyl sites for hydroxylation is 1. The first-order valence-electron chi connectivity index (χ1n) is 10.8. The van der Waals surface area contributed by atoms with E-state index < -0.39 is 15.9 Å². The van der Waals surface area contributed by atoms with E-state index in [1.54, 1.807) is 25.1 Å². The average molecular weight is 475 g/mol. The van der Waals surface area contributed by atoms with E-state index in [1.807, 2.05) is 12.1 Å². The molecule has 3 rings (SSSR count). The molecular weight excluding hydrogens is 444 g/mol. The molecule has 1 heterocycles. The second kappa shape index (κ2) is 10.8. The molecule has 0 atom stereocenters. The normalized spacial score (nSPS) is 14.8. The van der Waals surface area contributed by atoms with Gasteiger partial charge in [0.25, 0.3) is 5.91 Å². The predicted molar refractivity (Wildman–Crippen MR) is 127 cm³/mol. The molecule has 1 fully saturated rings. The first-order valence-corrected chi connectivity index (χ1v) is 12.2. The Morgan fingerprint density at radius 1 is 1.12 bits per heavy atom. The zero-order chi connectivity index (χ0) is 24.0. The number of anilines is 2. The quantitative estimate of drug-likeness (QED) is 0.476. The van der Waals surface area contributed by atoms with E-state index in [0.29, 0.717) is 11.3 Å². The Balaban J connectivity index is 1.67. The van der Waals surface area contributed by atoms with Gasteiger partial charge in [0.2, 0.25) is 15.9 Å². The third kappa shape index (κ3) is 6.31. The number of benzene rings is 2. The smallest absolute Gasteiger partial charge is 0.255 e. The van der Waals surface area contributed by atoms with Crippen molar-refractivity contribution in [2.45, 2.75) is 24.7 Å². The summed E-state index contributed by atoms with van der Waals surface area (Å²) in [6.45, 7) is 3.64. The molecule has 0 aliphatic carbocycles. The van der Waals surface area contributed by atoms with Gasteiger partial charge >= 0.3 is 0 Å². The highest BCUT2D eigenvalue weighted by molar-refractivity contribution is 7.89. The lowest BCUT2D eigenvalue weighted by atomic mass is 9.96. The molecule has 2 aromatic rings. The van der Waals surface area contributed by atoms with E-state index in [9.17, 15) is 18.0 Å². The minimum Gasteiger partial charge on any atom is -0.383 e. The van der Waals surface area contributed by atoms with E-state index in [-0.39, 0.29) is 35.4 Å². The van der Waals surface area contributed by atoms with Crippen molar-refractivity contribution in [3.8, 4) is 0 Å². The van der Waals surface area contributed by atoms with Crippen molar-refractivity contribution < 1.29 is 22.7 Å². The Morgan fingerprint density at radius 3 is 2.39 bits per heavy atom. The largest absolute Gasteiger partial charge is 0.383 e. The van der Waals surface area contributed by atoms with Crippen LogP contribution in [0, 0.1) is 12.8 Å². The number of nitrogens with one attached hydrogen (secondary N) is 2. The van der Waals surface area contributed by atoms with Gasteiger partial charge in [-0.3, -0.25) is 9.59 Å². The van der Waals surface area contributed by atoms with Crippen molar-refractivity contribution in [3.05, 3.63) is 53.6 Å². The van der Waals surface area contributed by atoms with E-state index in [0.717, 1.165) is 31.6 Å². The number of nitrogens with two attached hydrogens (primary N) is 1. The first kappa shape index (κ1) is 24.7. The summed E-state index contributed by atoms with van der Waals surface area (Å²) in [6, 6.07) is 11.9. The summed E-state index contributed by atoms with van der Waals surface area (Å²) in [6.07, 6.45) is 1.46. The highest BCUT2D eigenvalue weighted by atomic mass is 32.2. The number of hydrogen-bond acceptors (Lipinski definition) is 6. The number of carbonyl (C=O) groups is 2. The number of hydrogen-bond donors (Lipinski definition) is 3. The van der Waals surface area contributed by atoms with Crippen molar-refractivity contribution >= 4 is 33.2 Å².